The molecular weight excluding hydrogens is 202 g/mol. The van der Waals surface area contributed by atoms with E-state index in [2.05, 4.69) is 0 Å². The normalized spacial score (nSPS) is 27.7. The van der Waals surface area contributed by atoms with E-state index >= 15 is 0 Å². The van der Waals surface area contributed by atoms with Gasteiger partial charge in [-0.05, 0) is 53.4 Å². The number of rotatable bonds is 2. The second-order valence-electron chi connectivity index (χ2n) is 6.50. The van der Waals surface area contributed by atoms with E-state index in [4.69, 9.17) is 0 Å². The minimum atomic E-state index is -0.254. The first-order valence-corrected chi connectivity index (χ1v) is 6.07. The van der Waals surface area contributed by atoms with Crippen molar-refractivity contribution in [1.82, 2.24) is 5.06 Å². The highest BCUT2D eigenvalue weighted by Gasteiger charge is 2.46. The molecule has 0 aromatic rings. The average molecular weight is 227 g/mol. The maximum atomic E-state index is 11.5. The number of hydroxylamine groups is 2. The lowest BCUT2D eigenvalue weighted by Crippen LogP contribution is -2.59. The third-order valence-corrected chi connectivity index (χ3v) is 4.02. The Hall–Kier alpha value is -0.410. The van der Waals surface area contributed by atoms with E-state index in [1.807, 2.05) is 34.6 Å². The number of carbonyl (C=O) groups excluding carboxylic acids is 1. The molecule has 3 heteroatoms. The van der Waals surface area contributed by atoms with Crippen LogP contribution >= 0.6 is 0 Å². The van der Waals surface area contributed by atoms with Gasteiger partial charge in [0, 0.05) is 17.0 Å². The molecule has 1 rings (SSSR count). The lowest BCUT2D eigenvalue weighted by atomic mass is 9.70. The van der Waals surface area contributed by atoms with Crippen LogP contribution < -0.4 is 0 Å². The summed E-state index contributed by atoms with van der Waals surface area (Å²) in [5, 5.41) is 11.6. The van der Waals surface area contributed by atoms with E-state index in [0.29, 0.717) is 5.92 Å². The predicted molar refractivity (Wildman–Crippen MR) is 64.4 cm³/mol. The van der Waals surface area contributed by atoms with E-state index in [9.17, 15) is 10.0 Å². The van der Waals surface area contributed by atoms with Crippen LogP contribution in [0.2, 0.25) is 0 Å². The number of hydrogen-bond acceptors (Lipinski definition) is 3. The Morgan fingerprint density at radius 3 is 1.94 bits per heavy atom. The van der Waals surface area contributed by atoms with Gasteiger partial charge in [-0.25, -0.2) is 0 Å². The monoisotopic (exact) mass is 227 g/mol. The molecule has 0 spiro atoms. The molecule has 1 aliphatic heterocycles. The largest absolute Gasteiger partial charge is 0.313 e. The summed E-state index contributed by atoms with van der Waals surface area (Å²) >= 11 is 0. The van der Waals surface area contributed by atoms with Crippen LogP contribution in [0.4, 0.5) is 0 Å². The second kappa shape index (κ2) is 4.11. The van der Waals surface area contributed by atoms with Gasteiger partial charge in [-0.3, -0.25) is 4.79 Å². The lowest BCUT2D eigenvalue weighted by molar-refractivity contribution is -0.253. The van der Waals surface area contributed by atoms with E-state index in [-0.39, 0.29) is 22.8 Å². The molecule has 1 aliphatic rings. The number of piperidine rings is 1. The zero-order valence-electron chi connectivity index (χ0n) is 11.4. The van der Waals surface area contributed by atoms with Gasteiger partial charge in [0.1, 0.15) is 5.78 Å². The molecule has 0 bridgehead atoms. The van der Waals surface area contributed by atoms with E-state index in [0.717, 1.165) is 12.8 Å². The highest BCUT2D eigenvalue weighted by atomic mass is 16.5. The molecule has 1 heterocycles. The Kier molecular flexibility index (Phi) is 3.51. The van der Waals surface area contributed by atoms with Crippen LogP contribution in [0.25, 0.3) is 0 Å². The van der Waals surface area contributed by atoms with Crippen molar-refractivity contribution in [1.29, 1.82) is 0 Å². The van der Waals surface area contributed by atoms with Gasteiger partial charge < -0.3 is 5.21 Å². The van der Waals surface area contributed by atoms with Crippen LogP contribution in [-0.4, -0.2) is 27.1 Å². The first-order chi connectivity index (χ1) is 7.08. The van der Waals surface area contributed by atoms with Gasteiger partial charge in [-0.15, -0.1) is 0 Å². The van der Waals surface area contributed by atoms with Crippen molar-refractivity contribution in [3.8, 4) is 0 Å². The molecule has 16 heavy (non-hydrogen) atoms. The van der Waals surface area contributed by atoms with Crippen molar-refractivity contribution in [2.24, 2.45) is 11.8 Å². The third-order valence-electron chi connectivity index (χ3n) is 4.02. The Bertz CT molecular complexity index is 266. The van der Waals surface area contributed by atoms with Crippen molar-refractivity contribution in [3.05, 3.63) is 0 Å². The minimum Gasteiger partial charge on any atom is -0.313 e. The molecule has 3 nitrogen and oxygen atoms in total. The molecule has 0 amide bonds. The molecule has 1 fully saturated rings. The number of carbonyl (C=O) groups is 1. The third kappa shape index (κ3) is 2.46. The zero-order valence-corrected chi connectivity index (χ0v) is 11.4. The molecule has 0 radical (unpaired) electrons. The molecule has 1 unspecified atom stereocenters. The Labute approximate surface area is 98.8 Å². The van der Waals surface area contributed by atoms with Gasteiger partial charge >= 0.3 is 0 Å². The van der Waals surface area contributed by atoms with Gasteiger partial charge in [0.25, 0.3) is 0 Å². The molecule has 1 atom stereocenters. The van der Waals surface area contributed by atoms with Crippen molar-refractivity contribution < 1.29 is 10.0 Å². The SMILES string of the molecule is CC(=O)C(C)C1CC(C)(C)N(O)C(C)(C)C1. The smallest absolute Gasteiger partial charge is 0.132 e. The minimum absolute atomic E-state index is 0.0900. The molecule has 0 aromatic carbocycles. The van der Waals surface area contributed by atoms with Crippen LogP contribution in [0.5, 0.6) is 0 Å². The first-order valence-electron chi connectivity index (χ1n) is 6.07. The molecule has 0 aromatic heterocycles. The predicted octanol–water partition coefficient (Wildman–Crippen LogP) is 2.87. The zero-order chi connectivity index (χ0) is 12.7. The quantitative estimate of drug-likeness (QED) is 0.788. The fourth-order valence-electron chi connectivity index (χ4n) is 3.03. The van der Waals surface area contributed by atoms with Crippen molar-refractivity contribution >= 4 is 5.78 Å². The maximum Gasteiger partial charge on any atom is 0.132 e. The molecule has 0 aliphatic carbocycles. The number of Topliss-reactive ketones (excluding diaryl/α,β-unsaturated/α-hetero) is 1. The molecular formula is C13H25NO2. The summed E-state index contributed by atoms with van der Waals surface area (Å²) in [5.74, 6) is 0.709. The average Bonchev–Trinajstić information content (AvgIpc) is 2.11. The van der Waals surface area contributed by atoms with Crippen LogP contribution in [0.3, 0.4) is 0 Å². The van der Waals surface area contributed by atoms with E-state index in [1.165, 1.54) is 5.06 Å². The summed E-state index contributed by atoms with van der Waals surface area (Å²) in [6, 6.07) is 0. The Balaban J connectivity index is 2.91. The fourth-order valence-corrected chi connectivity index (χ4v) is 3.03. The van der Waals surface area contributed by atoms with Gasteiger partial charge in [0.2, 0.25) is 0 Å². The maximum absolute atomic E-state index is 11.5. The van der Waals surface area contributed by atoms with Crippen LogP contribution in [-0.2, 0) is 4.79 Å². The molecule has 0 saturated carbocycles. The number of hydrogen-bond donors (Lipinski definition) is 1. The van der Waals surface area contributed by atoms with Crippen LogP contribution in [0.1, 0.15) is 54.4 Å². The lowest BCUT2D eigenvalue weighted by Gasteiger charge is -2.52. The summed E-state index contributed by atoms with van der Waals surface area (Å²) in [5.41, 5.74) is -0.508. The van der Waals surface area contributed by atoms with Gasteiger partial charge in [-0.1, -0.05) is 6.92 Å². The van der Waals surface area contributed by atoms with Crippen LogP contribution in [0.15, 0.2) is 0 Å². The highest BCUT2D eigenvalue weighted by Crippen LogP contribution is 2.42. The van der Waals surface area contributed by atoms with E-state index < -0.39 is 0 Å². The highest BCUT2D eigenvalue weighted by molar-refractivity contribution is 5.78. The van der Waals surface area contributed by atoms with Crippen molar-refractivity contribution in [2.75, 3.05) is 0 Å². The number of ketones is 1. The molecule has 1 N–H and O–H groups in total. The standard InChI is InChI=1S/C13H25NO2/c1-9(10(2)15)11-7-12(3,4)14(16)13(5,6)8-11/h9,11,16H,7-8H2,1-6H3. The van der Waals surface area contributed by atoms with Gasteiger partial charge in [-0.2, -0.15) is 5.06 Å². The first kappa shape index (κ1) is 13.7. The Morgan fingerprint density at radius 1 is 1.25 bits per heavy atom. The van der Waals surface area contributed by atoms with Crippen molar-refractivity contribution in [2.45, 2.75) is 65.5 Å². The van der Waals surface area contributed by atoms with Crippen molar-refractivity contribution in [3.63, 3.8) is 0 Å². The summed E-state index contributed by atoms with van der Waals surface area (Å²) in [4.78, 5) is 11.5. The fraction of sp³-hybridized carbons (Fsp3) is 0.923. The summed E-state index contributed by atoms with van der Waals surface area (Å²) in [7, 11) is 0. The summed E-state index contributed by atoms with van der Waals surface area (Å²) < 4.78 is 0. The summed E-state index contributed by atoms with van der Waals surface area (Å²) in [6.07, 6.45) is 1.74. The number of nitrogens with zero attached hydrogens (tertiary/aromatic N) is 1. The topological polar surface area (TPSA) is 40.5 Å². The molecule has 1 saturated heterocycles. The van der Waals surface area contributed by atoms with Gasteiger partial charge in [0.05, 0.1) is 0 Å². The van der Waals surface area contributed by atoms with Crippen LogP contribution in [0, 0.1) is 11.8 Å². The second-order valence-corrected chi connectivity index (χ2v) is 6.50. The Morgan fingerprint density at radius 2 is 1.62 bits per heavy atom. The van der Waals surface area contributed by atoms with E-state index in [1.54, 1.807) is 6.92 Å². The van der Waals surface area contributed by atoms with Gasteiger partial charge in [0.15, 0.2) is 0 Å². The summed E-state index contributed by atoms with van der Waals surface area (Å²) in [6.45, 7) is 11.8. The molecule has 94 valence electrons.